The molecule has 2 amide bonds. The first-order chi connectivity index (χ1) is 22.7. The van der Waals surface area contributed by atoms with Gasteiger partial charge in [0.05, 0.1) is 18.7 Å². The summed E-state index contributed by atoms with van der Waals surface area (Å²) in [7, 11) is 0. The molecule has 0 saturated heterocycles. The van der Waals surface area contributed by atoms with Gasteiger partial charge < -0.3 is 34.7 Å². The zero-order valence-electron chi connectivity index (χ0n) is 28.8. The van der Waals surface area contributed by atoms with E-state index in [1.165, 1.54) is 0 Å². The number of benzene rings is 2. The van der Waals surface area contributed by atoms with E-state index in [0.29, 0.717) is 62.0 Å². The summed E-state index contributed by atoms with van der Waals surface area (Å²) in [6.07, 6.45) is 3.84. The molecule has 4 rings (SSSR count). The molecule has 48 heavy (non-hydrogen) atoms. The van der Waals surface area contributed by atoms with Gasteiger partial charge >= 0.3 is 6.09 Å². The van der Waals surface area contributed by atoms with E-state index in [-0.39, 0.29) is 30.9 Å². The average Bonchev–Trinajstić information content (AvgIpc) is 3.00. The summed E-state index contributed by atoms with van der Waals surface area (Å²) in [6.45, 7) is 11.7. The quantitative estimate of drug-likeness (QED) is 0.0868. The Kier molecular flexibility index (Phi) is 12.2. The number of nitrogens with one attached hydrogen (secondary N) is 3. The Morgan fingerprint density at radius 2 is 1.88 bits per heavy atom. The van der Waals surface area contributed by atoms with E-state index < -0.39 is 28.9 Å². The fourth-order valence-corrected chi connectivity index (χ4v) is 6.49. The number of alkyl carbamates (subject to hydrolysis) is 1. The van der Waals surface area contributed by atoms with Crippen molar-refractivity contribution >= 4 is 40.2 Å². The molecule has 4 N–H and O–H groups in total. The van der Waals surface area contributed by atoms with Crippen LogP contribution in [0.25, 0.3) is 0 Å². The second-order valence-electron chi connectivity index (χ2n) is 14.1. The summed E-state index contributed by atoms with van der Waals surface area (Å²) in [5.41, 5.74) is 0.130. The van der Waals surface area contributed by atoms with Crippen molar-refractivity contribution in [1.29, 1.82) is 0 Å². The highest BCUT2D eigenvalue weighted by atomic mass is 79.9. The van der Waals surface area contributed by atoms with Gasteiger partial charge in [-0.05, 0) is 96.7 Å². The Morgan fingerprint density at radius 1 is 1.12 bits per heavy atom. The maximum Gasteiger partial charge on any atom is 0.414 e. The van der Waals surface area contributed by atoms with Crippen LogP contribution in [0.1, 0.15) is 120 Å². The molecule has 2 aliphatic heterocycles. The van der Waals surface area contributed by atoms with Gasteiger partial charge in [0.1, 0.15) is 29.0 Å². The molecule has 3 atom stereocenters. The molecule has 1 unspecified atom stereocenters. The lowest BCUT2D eigenvalue weighted by Crippen LogP contribution is -2.55. The monoisotopic (exact) mass is 728 g/mol. The third-order valence-corrected chi connectivity index (χ3v) is 9.01. The van der Waals surface area contributed by atoms with Crippen LogP contribution in [-0.4, -0.2) is 59.3 Å². The van der Waals surface area contributed by atoms with Crippen molar-refractivity contribution in [1.82, 2.24) is 16.0 Å². The molecular weight excluding hydrogens is 680 g/mol. The zero-order chi connectivity index (χ0) is 35.1. The summed E-state index contributed by atoms with van der Waals surface area (Å²) in [4.78, 5) is 43.5. The molecule has 0 radical (unpaired) electrons. The smallest absolute Gasteiger partial charge is 0.414 e. The van der Waals surface area contributed by atoms with Crippen molar-refractivity contribution in [3.63, 3.8) is 0 Å². The van der Waals surface area contributed by atoms with Crippen LogP contribution in [0.15, 0.2) is 45.9 Å². The molecule has 11 nitrogen and oxygen atoms in total. The van der Waals surface area contributed by atoms with E-state index >= 15 is 0 Å². The van der Waals surface area contributed by atoms with Crippen molar-refractivity contribution in [2.45, 2.75) is 115 Å². The van der Waals surface area contributed by atoms with Crippen molar-refractivity contribution in [3.05, 3.63) is 57.6 Å². The van der Waals surface area contributed by atoms with Gasteiger partial charge in [-0.2, -0.15) is 0 Å². The van der Waals surface area contributed by atoms with Crippen molar-refractivity contribution in [2.24, 2.45) is 4.99 Å². The second kappa shape index (κ2) is 15.7. The van der Waals surface area contributed by atoms with Crippen LogP contribution >= 0.6 is 15.9 Å². The number of unbranched alkanes of at least 4 members (excludes halogenated alkanes) is 1. The fourth-order valence-electron chi connectivity index (χ4n) is 6.11. The summed E-state index contributed by atoms with van der Waals surface area (Å²) < 4.78 is 18.6. The van der Waals surface area contributed by atoms with Crippen LogP contribution in [0.2, 0.25) is 0 Å². The molecule has 12 heteroatoms. The molecule has 0 saturated carbocycles. The number of fused-ring (bicyclic) bond motifs is 2. The Bertz CT molecular complexity index is 1510. The van der Waals surface area contributed by atoms with E-state index in [0.717, 1.165) is 22.1 Å². The second-order valence-corrected chi connectivity index (χ2v) is 15.0. The van der Waals surface area contributed by atoms with Crippen LogP contribution in [-0.2, 0) is 9.53 Å². The third kappa shape index (κ3) is 9.95. The third-order valence-electron chi connectivity index (χ3n) is 8.52. The summed E-state index contributed by atoms with van der Waals surface area (Å²) >= 11 is 3.54. The van der Waals surface area contributed by atoms with Crippen LogP contribution in [0.3, 0.4) is 0 Å². The number of aliphatic imine (C=N–C) groups is 1. The van der Waals surface area contributed by atoms with Crippen molar-refractivity contribution in [3.8, 4) is 11.5 Å². The number of aliphatic hydroxyl groups excluding tert-OH is 1. The van der Waals surface area contributed by atoms with Crippen LogP contribution in [0.4, 0.5) is 4.79 Å². The minimum Gasteiger partial charge on any atom is -0.493 e. The highest BCUT2D eigenvalue weighted by Crippen LogP contribution is 2.41. The van der Waals surface area contributed by atoms with Gasteiger partial charge in [-0.1, -0.05) is 22.9 Å². The molecule has 2 aromatic carbocycles. The molecule has 2 heterocycles. The molecule has 2 aliphatic rings. The number of amides is 2. The molecule has 262 valence electrons. The van der Waals surface area contributed by atoms with E-state index in [1.54, 1.807) is 39.0 Å². The Labute approximate surface area is 291 Å². The lowest BCUT2D eigenvalue weighted by atomic mass is 9.87. The van der Waals surface area contributed by atoms with E-state index in [9.17, 15) is 19.5 Å². The number of ether oxygens (including phenoxy) is 3. The first kappa shape index (κ1) is 37.2. The number of hydrogen-bond donors (Lipinski definition) is 4. The van der Waals surface area contributed by atoms with Gasteiger partial charge in [0.2, 0.25) is 5.96 Å². The van der Waals surface area contributed by atoms with E-state index in [2.05, 4.69) is 31.9 Å². The summed E-state index contributed by atoms with van der Waals surface area (Å²) in [6, 6.07) is 10.4. The number of nitrogens with zero attached hydrogens (tertiary/aromatic N) is 1. The van der Waals surface area contributed by atoms with Crippen molar-refractivity contribution in [2.75, 3.05) is 13.2 Å². The molecule has 0 aliphatic carbocycles. The summed E-state index contributed by atoms with van der Waals surface area (Å²) in [5.74, 6) is 1.25. The largest absolute Gasteiger partial charge is 0.493 e. The van der Waals surface area contributed by atoms with Crippen LogP contribution < -0.4 is 25.4 Å². The molecule has 0 aromatic heterocycles. The lowest BCUT2D eigenvalue weighted by Gasteiger charge is -2.38. The SMILES string of the molecule is CC[C@](CC=O)(CCCCO)NC(=NC1CCOc2ccc(C(=O)N[C@H]3CC(C)(C)Oc4ccc(Br)cc43)cc21)NC(=O)OC(C)(C)C. The molecule has 2 aromatic rings. The number of hydrogen-bond acceptors (Lipinski definition) is 8. The van der Waals surface area contributed by atoms with Gasteiger partial charge in [-0.15, -0.1) is 0 Å². The number of aliphatic hydroxyl groups is 1. The minimum atomic E-state index is -0.745. The normalized spacial score (nSPS) is 19.7. The van der Waals surface area contributed by atoms with Gasteiger partial charge in [-0.3, -0.25) is 10.1 Å². The maximum atomic E-state index is 13.8. The summed E-state index contributed by atoms with van der Waals surface area (Å²) in [5, 5.41) is 18.7. The number of aldehydes is 1. The predicted octanol–water partition coefficient (Wildman–Crippen LogP) is 6.68. The Hall–Kier alpha value is -3.64. The number of guanidine groups is 1. The van der Waals surface area contributed by atoms with Gasteiger partial charge in [0.15, 0.2) is 0 Å². The highest BCUT2D eigenvalue weighted by Gasteiger charge is 2.36. The average molecular weight is 730 g/mol. The lowest BCUT2D eigenvalue weighted by molar-refractivity contribution is -0.109. The van der Waals surface area contributed by atoms with E-state index in [4.69, 9.17) is 19.2 Å². The van der Waals surface area contributed by atoms with Gasteiger partial charge in [0.25, 0.3) is 5.91 Å². The number of carbonyl (C=O) groups excluding carboxylic acids is 3. The first-order valence-corrected chi connectivity index (χ1v) is 17.4. The van der Waals surface area contributed by atoms with Crippen LogP contribution in [0.5, 0.6) is 11.5 Å². The highest BCUT2D eigenvalue weighted by molar-refractivity contribution is 9.10. The van der Waals surface area contributed by atoms with Crippen LogP contribution in [0, 0.1) is 0 Å². The maximum absolute atomic E-state index is 13.8. The fraction of sp³-hybridized carbons (Fsp3) is 0.556. The van der Waals surface area contributed by atoms with Gasteiger partial charge in [-0.25, -0.2) is 9.79 Å². The topological polar surface area (TPSA) is 148 Å². The number of halogens is 1. The molecular formula is C36H49BrN4O7. The minimum absolute atomic E-state index is 0.0447. The Morgan fingerprint density at radius 3 is 2.56 bits per heavy atom. The molecule has 0 spiro atoms. The molecule has 0 bridgehead atoms. The number of rotatable bonds is 11. The molecule has 0 fully saturated rings. The predicted molar refractivity (Wildman–Crippen MR) is 188 cm³/mol. The standard InChI is InChI=1S/C36H49BrN4O7/c1-7-36(16-18-43,15-8-9-17-42)41-32(40-33(45)48-34(2,3)4)39-27-14-19-46-29-12-10-23(20-25(27)29)31(44)38-28-22-35(5,6)47-30-13-11-24(37)21-26(28)30/h10-13,18,20-21,27-28,42H,7-9,14-17,19,22H2,1-6H3,(H,38,44)(H2,39,40,41,45)/t27?,28-,36+/m0/s1. The van der Waals surface area contributed by atoms with Gasteiger partial charge in [0, 0.05) is 52.6 Å². The first-order valence-electron chi connectivity index (χ1n) is 16.6. The number of carbonyl (C=O) groups is 3. The Balaban J connectivity index is 1.66. The zero-order valence-corrected chi connectivity index (χ0v) is 30.4. The van der Waals surface area contributed by atoms with Crippen molar-refractivity contribution < 1.29 is 33.7 Å². The van der Waals surface area contributed by atoms with E-state index in [1.807, 2.05) is 39.0 Å².